The topological polar surface area (TPSA) is 103 Å². The fraction of sp³-hybridized carbons (Fsp3) is 0.526. The summed E-state index contributed by atoms with van der Waals surface area (Å²) in [6.45, 7) is 7.57. The van der Waals surface area contributed by atoms with Crippen LogP contribution in [0.4, 0.5) is 4.79 Å². The molecule has 1 atom stereocenters. The summed E-state index contributed by atoms with van der Waals surface area (Å²) in [5, 5.41) is 6.34. The number of amides is 1. The molecular weight excluding hydrogens is 334 g/mol. The lowest BCUT2D eigenvalue weighted by molar-refractivity contribution is -0.148. The summed E-state index contributed by atoms with van der Waals surface area (Å²) >= 11 is 0. The molecule has 144 valence electrons. The zero-order valence-electron chi connectivity index (χ0n) is 16.0. The van der Waals surface area contributed by atoms with E-state index in [2.05, 4.69) is 10.5 Å². The summed E-state index contributed by atoms with van der Waals surface area (Å²) in [6.07, 6.45) is 1.13. The molecule has 26 heavy (non-hydrogen) atoms. The Labute approximate surface area is 154 Å². The van der Waals surface area contributed by atoms with Gasteiger partial charge in [-0.2, -0.15) is 0 Å². The average molecular weight is 363 g/mol. The van der Waals surface area contributed by atoms with Gasteiger partial charge in [0.15, 0.2) is 0 Å². The van der Waals surface area contributed by atoms with Crippen molar-refractivity contribution in [1.29, 1.82) is 0 Å². The number of nitrogens with zero attached hydrogens (tertiary/aromatic N) is 1. The van der Waals surface area contributed by atoms with Crippen molar-refractivity contribution in [2.75, 3.05) is 6.54 Å². The molecule has 1 amide bonds. The maximum absolute atomic E-state index is 11.9. The second kappa shape index (κ2) is 10.4. The third kappa shape index (κ3) is 9.66. The van der Waals surface area contributed by atoms with Crippen LogP contribution in [0.2, 0.25) is 0 Å². The smallest absolute Gasteiger partial charge is 0.407 e. The molecule has 0 radical (unpaired) electrons. The highest BCUT2D eigenvalue weighted by atomic mass is 16.7. The molecule has 0 unspecified atom stereocenters. The summed E-state index contributed by atoms with van der Waals surface area (Å²) < 4.78 is 5.13. The fourth-order valence-corrected chi connectivity index (χ4v) is 2.06. The quantitative estimate of drug-likeness (QED) is 0.243. The lowest BCUT2D eigenvalue weighted by Gasteiger charge is -2.19. The second-order valence-electron chi connectivity index (χ2n) is 7.13. The molecule has 0 spiro atoms. The predicted octanol–water partition coefficient (Wildman–Crippen LogP) is 2.99. The Morgan fingerprint density at radius 3 is 2.50 bits per heavy atom. The van der Waals surface area contributed by atoms with E-state index in [4.69, 9.17) is 15.3 Å². The number of oxime groups is 1. The summed E-state index contributed by atoms with van der Waals surface area (Å²) in [5.41, 5.74) is 6.23. The van der Waals surface area contributed by atoms with Crippen LogP contribution in [0, 0.1) is 5.92 Å². The summed E-state index contributed by atoms with van der Waals surface area (Å²) in [6, 6.07) is 9.56. The number of benzene rings is 1. The number of alkyl carbamates (subject to hydrolysis) is 1. The standard InChI is InChI=1S/C19H29N3O4/c1-14(9-8-12-21-18(24)25-19(2,3)4)17(23)26-22-16(20)13-15-10-6-5-7-11-15/h5-7,10-11,14H,8-9,12-13H2,1-4H3,(H2,20,22)(H,21,24)/t14-/m0/s1. The first-order valence-corrected chi connectivity index (χ1v) is 8.71. The summed E-state index contributed by atoms with van der Waals surface area (Å²) in [5.74, 6) is -0.551. The van der Waals surface area contributed by atoms with Gasteiger partial charge in [0.25, 0.3) is 0 Å². The predicted molar refractivity (Wildman–Crippen MR) is 100 cm³/mol. The first-order chi connectivity index (χ1) is 12.2. The number of amidine groups is 1. The number of rotatable bonds is 8. The van der Waals surface area contributed by atoms with Crippen LogP contribution in [0.5, 0.6) is 0 Å². The van der Waals surface area contributed by atoms with Crippen molar-refractivity contribution in [3.8, 4) is 0 Å². The molecule has 0 saturated heterocycles. The molecule has 0 saturated carbocycles. The Bertz CT molecular complexity index is 609. The molecule has 0 bridgehead atoms. The number of hydrogen-bond donors (Lipinski definition) is 2. The minimum Gasteiger partial charge on any atom is -0.444 e. The van der Waals surface area contributed by atoms with Gasteiger partial charge in [0.05, 0.1) is 5.92 Å². The largest absolute Gasteiger partial charge is 0.444 e. The van der Waals surface area contributed by atoms with Crippen LogP contribution in [0.1, 0.15) is 46.1 Å². The van der Waals surface area contributed by atoms with Crippen molar-refractivity contribution in [3.05, 3.63) is 35.9 Å². The lowest BCUT2D eigenvalue weighted by atomic mass is 10.1. The first kappa shape index (κ1) is 21.5. The molecular formula is C19H29N3O4. The van der Waals surface area contributed by atoms with Gasteiger partial charge in [-0.25, -0.2) is 9.59 Å². The Hall–Kier alpha value is -2.57. The average Bonchev–Trinajstić information content (AvgIpc) is 2.55. The number of carbonyl (C=O) groups excluding carboxylic acids is 2. The molecule has 1 aromatic rings. The van der Waals surface area contributed by atoms with Crippen molar-refractivity contribution in [2.24, 2.45) is 16.8 Å². The molecule has 7 nitrogen and oxygen atoms in total. The van der Waals surface area contributed by atoms with E-state index in [1.165, 1.54) is 0 Å². The molecule has 0 aliphatic rings. The van der Waals surface area contributed by atoms with E-state index in [0.717, 1.165) is 5.56 Å². The Morgan fingerprint density at radius 1 is 1.23 bits per heavy atom. The number of carbonyl (C=O) groups is 2. The Morgan fingerprint density at radius 2 is 1.88 bits per heavy atom. The van der Waals surface area contributed by atoms with Crippen LogP contribution in [0.3, 0.4) is 0 Å². The van der Waals surface area contributed by atoms with E-state index in [0.29, 0.717) is 25.8 Å². The van der Waals surface area contributed by atoms with Gasteiger partial charge in [-0.15, -0.1) is 0 Å². The van der Waals surface area contributed by atoms with Crippen molar-refractivity contribution in [3.63, 3.8) is 0 Å². The van der Waals surface area contributed by atoms with E-state index < -0.39 is 17.7 Å². The maximum Gasteiger partial charge on any atom is 0.407 e. The van der Waals surface area contributed by atoms with Crippen LogP contribution in [0.25, 0.3) is 0 Å². The van der Waals surface area contributed by atoms with Gasteiger partial charge in [-0.3, -0.25) is 0 Å². The van der Waals surface area contributed by atoms with Crippen LogP contribution in [-0.2, 0) is 20.8 Å². The van der Waals surface area contributed by atoms with Crippen LogP contribution < -0.4 is 11.1 Å². The minimum atomic E-state index is -0.529. The van der Waals surface area contributed by atoms with E-state index in [9.17, 15) is 9.59 Å². The Kier molecular flexibility index (Phi) is 8.61. The number of nitrogens with one attached hydrogen (secondary N) is 1. The van der Waals surface area contributed by atoms with Crippen LogP contribution in [0.15, 0.2) is 35.5 Å². The van der Waals surface area contributed by atoms with Gasteiger partial charge in [0.1, 0.15) is 11.4 Å². The molecule has 0 aromatic heterocycles. The number of hydrogen-bond acceptors (Lipinski definition) is 5. The monoisotopic (exact) mass is 363 g/mol. The summed E-state index contributed by atoms with van der Waals surface area (Å²) in [4.78, 5) is 28.3. The molecule has 1 aromatic carbocycles. The second-order valence-corrected chi connectivity index (χ2v) is 7.13. The molecule has 0 fully saturated rings. The minimum absolute atomic E-state index is 0.239. The molecule has 7 heteroatoms. The normalized spacial score (nSPS) is 13.0. The highest BCUT2D eigenvalue weighted by Crippen LogP contribution is 2.09. The molecule has 1 rings (SSSR count). The third-order valence-electron chi connectivity index (χ3n) is 3.37. The lowest BCUT2D eigenvalue weighted by Crippen LogP contribution is -2.33. The van der Waals surface area contributed by atoms with Gasteiger partial charge < -0.3 is 20.6 Å². The zero-order valence-corrected chi connectivity index (χ0v) is 16.0. The van der Waals surface area contributed by atoms with Gasteiger partial charge >= 0.3 is 12.1 Å². The zero-order chi connectivity index (χ0) is 19.6. The van der Waals surface area contributed by atoms with Crippen molar-refractivity contribution >= 4 is 17.9 Å². The molecule has 3 N–H and O–H groups in total. The van der Waals surface area contributed by atoms with E-state index in [1.54, 1.807) is 27.7 Å². The van der Waals surface area contributed by atoms with Gasteiger partial charge in [0.2, 0.25) is 0 Å². The van der Waals surface area contributed by atoms with E-state index in [-0.39, 0.29) is 11.8 Å². The number of ether oxygens (including phenoxy) is 1. The summed E-state index contributed by atoms with van der Waals surface area (Å²) in [7, 11) is 0. The molecule has 0 heterocycles. The highest BCUT2D eigenvalue weighted by Gasteiger charge is 2.17. The van der Waals surface area contributed by atoms with Crippen LogP contribution >= 0.6 is 0 Å². The Balaban J connectivity index is 2.26. The van der Waals surface area contributed by atoms with Gasteiger partial charge in [0, 0.05) is 13.0 Å². The van der Waals surface area contributed by atoms with Gasteiger partial charge in [-0.05, 0) is 39.2 Å². The van der Waals surface area contributed by atoms with Crippen molar-refractivity contribution < 1.29 is 19.2 Å². The molecule has 0 aliphatic heterocycles. The molecule has 0 aliphatic carbocycles. The van der Waals surface area contributed by atoms with Gasteiger partial charge in [-0.1, -0.05) is 42.4 Å². The number of nitrogens with two attached hydrogens (primary N) is 1. The van der Waals surface area contributed by atoms with Crippen molar-refractivity contribution in [2.45, 2.75) is 52.6 Å². The van der Waals surface area contributed by atoms with E-state index >= 15 is 0 Å². The van der Waals surface area contributed by atoms with Crippen molar-refractivity contribution in [1.82, 2.24) is 5.32 Å². The first-order valence-electron chi connectivity index (χ1n) is 8.71. The maximum atomic E-state index is 11.9. The van der Waals surface area contributed by atoms with Crippen LogP contribution in [-0.4, -0.2) is 30.0 Å². The SMILES string of the molecule is C[C@@H](CCCNC(=O)OC(C)(C)C)C(=O)ON=C(N)Cc1ccccc1. The highest BCUT2D eigenvalue weighted by molar-refractivity contribution is 5.83. The van der Waals surface area contributed by atoms with E-state index in [1.807, 2.05) is 30.3 Å². The fourth-order valence-electron chi connectivity index (χ4n) is 2.06. The third-order valence-corrected chi connectivity index (χ3v) is 3.37.